The molecule has 0 bridgehead atoms. The van der Waals surface area contributed by atoms with Gasteiger partial charge in [-0.15, -0.1) is 11.3 Å². The van der Waals surface area contributed by atoms with Crippen molar-refractivity contribution >= 4 is 34.9 Å². The van der Waals surface area contributed by atoms with E-state index in [-0.39, 0.29) is 17.6 Å². The number of anilines is 1. The number of para-hydroxylation sites is 1. The average molecular weight is 437 g/mol. The van der Waals surface area contributed by atoms with Crippen molar-refractivity contribution in [3.05, 3.63) is 83.0 Å². The van der Waals surface area contributed by atoms with Crippen molar-refractivity contribution in [1.82, 2.24) is 4.90 Å². The van der Waals surface area contributed by atoms with Crippen LogP contribution in [0.25, 0.3) is 16.5 Å². The molecule has 1 aliphatic heterocycles. The molecule has 0 spiro atoms. The Labute approximate surface area is 183 Å². The van der Waals surface area contributed by atoms with Crippen molar-refractivity contribution in [3.63, 3.8) is 0 Å². The van der Waals surface area contributed by atoms with E-state index in [4.69, 9.17) is 4.74 Å². The summed E-state index contributed by atoms with van der Waals surface area (Å²) in [6.07, 6.45) is 3.16. The highest BCUT2D eigenvalue weighted by Crippen LogP contribution is 2.29. The number of nitrogens with one attached hydrogen (secondary N) is 1. The molecule has 5 nitrogen and oxygen atoms in total. The lowest BCUT2D eigenvalue weighted by Gasteiger charge is -2.27. The van der Waals surface area contributed by atoms with Crippen LogP contribution in [0.1, 0.15) is 15.2 Å². The van der Waals surface area contributed by atoms with Crippen molar-refractivity contribution in [2.45, 2.75) is 0 Å². The first-order valence-electron chi connectivity index (χ1n) is 9.91. The standard InChI is InChI=1S/C24H21FN2O3S/c25-18-7-5-17(6-8-18)22-11-9-19(31-22)10-12-23(28)26-21-4-2-1-3-20(21)24(29)27-13-15-30-16-14-27/h1-12H,13-16H2,(H,26,28). The van der Waals surface area contributed by atoms with Gasteiger partial charge in [-0.3, -0.25) is 9.59 Å². The van der Waals surface area contributed by atoms with E-state index in [9.17, 15) is 14.0 Å². The molecule has 1 fully saturated rings. The molecule has 1 aromatic heterocycles. The highest BCUT2D eigenvalue weighted by Gasteiger charge is 2.21. The Kier molecular flexibility index (Phi) is 6.54. The topological polar surface area (TPSA) is 58.6 Å². The Balaban J connectivity index is 1.43. The number of hydrogen-bond acceptors (Lipinski definition) is 4. The Bertz CT molecular complexity index is 1100. The summed E-state index contributed by atoms with van der Waals surface area (Å²) in [7, 11) is 0. The van der Waals surface area contributed by atoms with Gasteiger partial charge in [0.15, 0.2) is 0 Å². The fourth-order valence-corrected chi connectivity index (χ4v) is 4.18. The Hall–Kier alpha value is -3.29. The van der Waals surface area contributed by atoms with Crippen LogP contribution < -0.4 is 5.32 Å². The van der Waals surface area contributed by atoms with Crippen LogP contribution in [0.4, 0.5) is 10.1 Å². The maximum absolute atomic E-state index is 13.1. The zero-order chi connectivity index (χ0) is 21.6. The number of halogens is 1. The molecule has 2 heterocycles. The Morgan fingerprint density at radius 1 is 1.00 bits per heavy atom. The van der Waals surface area contributed by atoms with Gasteiger partial charge in [-0.2, -0.15) is 0 Å². The predicted molar refractivity (Wildman–Crippen MR) is 121 cm³/mol. The van der Waals surface area contributed by atoms with Crippen LogP contribution in [-0.4, -0.2) is 43.0 Å². The molecule has 1 saturated heterocycles. The number of amides is 2. The maximum Gasteiger partial charge on any atom is 0.256 e. The highest BCUT2D eigenvalue weighted by molar-refractivity contribution is 7.16. The molecule has 1 aliphatic rings. The van der Waals surface area contributed by atoms with Gasteiger partial charge in [0.25, 0.3) is 5.91 Å². The highest BCUT2D eigenvalue weighted by atomic mass is 32.1. The van der Waals surface area contributed by atoms with Gasteiger partial charge in [0.2, 0.25) is 5.91 Å². The average Bonchev–Trinajstić information content (AvgIpc) is 3.28. The van der Waals surface area contributed by atoms with E-state index in [1.807, 2.05) is 12.1 Å². The number of hydrogen-bond donors (Lipinski definition) is 1. The number of ether oxygens (including phenoxy) is 1. The zero-order valence-electron chi connectivity index (χ0n) is 16.7. The molecule has 1 N–H and O–H groups in total. The minimum absolute atomic E-state index is 0.120. The summed E-state index contributed by atoms with van der Waals surface area (Å²) in [5.74, 6) is -0.714. The number of rotatable bonds is 5. The van der Waals surface area contributed by atoms with Crippen LogP contribution in [0.2, 0.25) is 0 Å². The third-order valence-corrected chi connectivity index (χ3v) is 5.97. The minimum Gasteiger partial charge on any atom is -0.378 e. The molecule has 31 heavy (non-hydrogen) atoms. The van der Waals surface area contributed by atoms with Crippen LogP contribution in [0.15, 0.2) is 66.7 Å². The quantitative estimate of drug-likeness (QED) is 0.591. The first kappa shape index (κ1) is 21.0. The van der Waals surface area contributed by atoms with E-state index < -0.39 is 0 Å². The number of morpholine rings is 1. The van der Waals surface area contributed by atoms with Gasteiger partial charge < -0.3 is 15.0 Å². The molecule has 0 unspecified atom stereocenters. The van der Waals surface area contributed by atoms with E-state index in [1.54, 1.807) is 47.4 Å². The van der Waals surface area contributed by atoms with Crippen molar-refractivity contribution in [2.75, 3.05) is 31.6 Å². The summed E-state index contributed by atoms with van der Waals surface area (Å²) in [4.78, 5) is 28.9. The molecule has 2 amide bonds. The second kappa shape index (κ2) is 9.68. The lowest BCUT2D eigenvalue weighted by atomic mass is 10.1. The number of carbonyl (C=O) groups excluding carboxylic acids is 2. The number of nitrogens with zero attached hydrogens (tertiary/aromatic N) is 1. The fourth-order valence-electron chi connectivity index (χ4n) is 3.26. The van der Waals surface area contributed by atoms with E-state index in [2.05, 4.69) is 5.32 Å². The first-order chi connectivity index (χ1) is 15.1. The molecular weight excluding hydrogens is 415 g/mol. The zero-order valence-corrected chi connectivity index (χ0v) is 17.5. The summed E-state index contributed by atoms with van der Waals surface area (Å²) in [5.41, 5.74) is 1.86. The second-order valence-electron chi connectivity index (χ2n) is 6.98. The lowest BCUT2D eigenvalue weighted by molar-refractivity contribution is -0.111. The molecule has 0 saturated carbocycles. The van der Waals surface area contributed by atoms with Crippen molar-refractivity contribution in [3.8, 4) is 10.4 Å². The molecule has 3 aromatic rings. The van der Waals surface area contributed by atoms with E-state index >= 15 is 0 Å². The molecule has 0 aliphatic carbocycles. The number of carbonyl (C=O) groups is 2. The van der Waals surface area contributed by atoms with Crippen molar-refractivity contribution < 1.29 is 18.7 Å². The minimum atomic E-state index is -0.320. The van der Waals surface area contributed by atoms with Gasteiger partial charge in [0, 0.05) is 28.9 Å². The van der Waals surface area contributed by atoms with Crippen LogP contribution in [0.5, 0.6) is 0 Å². The third-order valence-electron chi connectivity index (χ3n) is 4.87. The van der Waals surface area contributed by atoms with Crippen molar-refractivity contribution in [1.29, 1.82) is 0 Å². The summed E-state index contributed by atoms with van der Waals surface area (Å²) in [6, 6.07) is 17.1. The molecular formula is C24H21FN2O3S. The molecule has 158 valence electrons. The normalized spacial score (nSPS) is 14.0. The van der Waals surface area contributed by atoms with Crippen LogP contribution >= 0.6 is 11.3 Å². The SMILES string of the molecule is O=C(C=Cc1ccc(-c2ccc(F)cc2)s1)Nc1ccccc1C(=O)N1CCOCC1. The van der Waals surface area contributed by atoms with Crippen molar-refractivity contribution in [2.24, 2.45) is 0 Å². The molecule has 4 rings (SSSR count). The van der Waals surface area contributed by atoms with Crippen LogP contribution in [0.3, 0.4) is 0 Å². The summed E-state index contributed by atoms with van der Waals surface area (Å²) in [6.45, 7) is 2.11. The molecule has 2 aromatic carbocycles. The van der Waals surface area contributed by atoms with Crippen LogP contribution in [0, 0.1) is 5.82 Å². The molecule has 0 atom stereocenters. The third kappa shape index (κ3) is 5.25. The Morgan fingerprint density at radius 3 is 2.52 bits per heavy atom. The number of benzene rings is 2. The first-order valence-corrected chi connectivity index (χ1v) is 10.7. The van der Waals surface area contributed by atoms with E-state index in [0.717, 1.165) is 15.3 Å². The smallest absolute Gasteiger partial charge is 0.256 e. The summed E-state index contributed by atoms with van der Waals surface area (Å²) < 4.78 is 18.4. The maximum atomic E-state index is 13.1. The largest absolute Gasteiger partial charge is 0.378 e. The van der Waals surface area contributed by atoms with Gasteiger partial charge in [-0.25, -0.2) is 4.39 Å². The predicted octanol–water partition coefficient (Wildman–Crippen LogP) is 4.68. The molecule has 7 heteroatoms. The second-order valence-corrected chi connectivity index (χ2v) is 8.10. The fraction of sp³-hybridized carbons (Fsp3) is 0.167. The number of thiophene rings is 1. The Morgan fingerprint density at radius 2 is 1.74 bits per heavy atom. The van der Waals surface area contributed by atoms with E-state index in [0.29, 0.717) is 37.6 Å². The van der Waals surface area contributed by atoms with Gasteiger partial charge in [0.05, 0.1) is 24.5 Å². The molecule has 0 radical (unpaired) electrons. The summed E-state index contributed by atoms with van der Waals surface area (Å²) in [5, 5.41) is 2.80. The van der Waals surface area contributed by atoms with Crippen LogP contribution in [-0.2, 0) is 9.53 Å². The summed E-state index contributed by atoms with van der Waals surface area (Å²) >= 11 is 1.51. The van der Waals surface area contributed by atoms with E-state index in [1.165, 1.54) is 29.5 Å². The van der Waals surface area contributed by atoms with Gasteiger partial charge >= 0.3 is 0 Å². The van der Waals surface area contributed by atoms with Gasteiger partial charge in [0.1, 0.15) is 5.82 Å². The van der Waals surface area contributed by atoms with Gasteiger partial charge in [-0.1, -0.05) is 24.3 Å². The van der Waals surface area contributed by atoms with Gasteiger partial charge in [-0.05, 0) is 48.0 Å². The lowest BCUT2D eigenvalue weighted by Crippen LogP contribution is -2.41. The monoisotopic (exact) mass is 436 g/mol.